The molecule has 0 amide bonds. The van der Waals surface area contributed by atoms with Crippen molar-refractivity contribution >= 4 is 22.2 Å². The predicted molar refractivity (Wildman–Crippen MR) is 49.8 cm³/mol. The second kappa shape index (κ2) is 3.47. The van der Waals surface area contributed by atoms with Gasteiger partial charge in [-0.15, -0.1) is 0 Å². The van der Waals surface area contributed by atoms with Gasteiger partial charge in [-0.1, -0.05) is 15.9 Å². The molecule has 0 atom stereocenters. The first-order valence-electron chi connectivity index (χ1n) is 3.80. The molecule has 0 aromatic heterocycles. The van der Waals surface area contributed by atoms with E-state index in [-0.39, 0.29) is 6.79 Å². The van der Waals surface area contributed by atoms with Crippen LogP contribution in [0, 0.1) is 0 Å². The van der Waals surface area contributed by atoms with Crippen LogP contribution in [0.25, 0.3) is 0 Å². The predicted octanol–water partition coefficient (Wildman–Crippen LogP) is 2.13. The van der Waals surface area contributed by atoms with E-state index < -0.39 is 0 Å². The zero-order valence-corrected chi connectivity index (χ0v) is 8.33. The van der Waals surface area contributed by atoms with Crippen molar-refractivity contribution < 1.29 is 14.3 Å². The maximum absolute atomic E-state index is 10.8. The molecule has 3 nitrogen and oxygen atoms in total. The second-order valence-electron chi connectivity index (χ2n) is 2.67. The van der Waals surface area contributed by atoms with E-state index in [0.29, 0.717) is 12.2 Å². The van der Waals surface area contributed by atoms with Crippen molar-refractivity contribution in [1.82, 2.24) is 0 Å². The van der Waals surface area contributed by atoms with Crippen molar-refractivity contribution in [2.24, 2.45) is 0 Å². The molecule has 0 spiro atoms. The fourth-order valence-corrected chi connectivity index (χ4v) is 1.74. The molecule has 0 saturated heterocycles. The highest BCUT2D eigenvalue weighted by Crippen LogP contribution is 2.30. The van der Waals surface area contributed by atoms with Gasteiger partial charge in [0.1, 0.15) is 5.75 Å². The number of aldehydes is 1. The number of fused-ring (bicyclic) bond motifs is 1. The molecule has 1 aliphatic rings. The Morgan fingerprint density at radius 2 is 2.31 bits per heavy atom. The first-order chi connectivity index (χ1) is 6.33. The molecule has 1 aromatic rings. The summed E-state index contributed by atoms with van der Waals surface area (Å²) in [6, 6.07) is 3.63. The zero-order chi connectivity index (χ0) is 9.26. The van der Waals surface area contributed by atoms with Crippen molar-refractivity contribution in [3.8, 4) is 5.75 Å². The Morgan fingerprint density at radius 3 is 3.08 bits per heavy atom. The summed E-state index contributed by atoms with van der Waals surface area (Å²) in [5, 5.41) is 0. The first kappa shape index (κ1) is 8.72. The van der Waals surface area contributed by atoms with Crippen LogP contribution in [0.3, 0.4) is 0 Å². The van der Waals surface area contributed by atoms with E-state index in [4.69, 9.17) is 9.47 Å². The van der Waals surface area contributed by atoms with Crippen molar-refractivity contribution in [1.29, 1.82) is 0 Å². The van der Waals surface area contributed by atoms with Crippen molar-refractivity contribution in [2.45, 2.75) is 6.61 Å². The van der Waals surface area contributed by atoms with Gasteiger partial charge in [-0.3, -0.25) is 4.79 Å². The summed E-state index contributed by atoms with van der Waals surface area (Å²) in [6.07, 6.45) is 0.807. The molecule has 0 fully saturated rings. The zero-order valence-electron chi connectivity index (χ0n) is 6.75. The van der Waals surface area contributed by atoms with Crippen LogP contribution in [0.1, 0.15) is 15.9 Å². The molecule has 0 N–H and O–H groups in total. The molecule has 1 aromatic carbocycles. The minimum Gasteiger partial charge on any atom is -0.467 e. The van der Waals surface area contributed by atoms with Crippen LogP contribution in [0.2, 0.25) is 0 Å². The number of benzene rings is 1. The lowest BCUT2D eigenvalue weighted by Gasteiger charge is -2.19. The van der Waals surface area contributed by atoms with Crippen LogP contribution in [-0.2, 0) is 11.3 Å². The van der Waals surface area contributed by atoms with Crippen LogP contribution in [-0.4, -0.2) is 13.1 Å². The van der Waals surface area contributed by atoms with Crippen molar-refractivity contribution in [2.75, 3.05) is 6.79 Å². The molecule has 68 valence electrons. The van der Waals surface area contributed by atoms with Gasteiger partial charge in [-0.05, 0) is 12.1 Å². The van der Waals surface area contributed by atoms with Crippen molar-refractivity contribution in [3.05, 3.63) is 27.7 Å². The lowest BCUT2D eigenvalue weighted by molar-refractivity contribution is -0.0166. The van der Waals surface area contributed by atoms with Gasteiger partial charge < -0.3 is 9.47 Å². The highest BCUT2D eigenvalue weighted by atomic mass is 79.9. The Morgan fingerprint density at radius 1 is 1.46 bits per heavy atom. The van der Waals surface area contributed by atoms with Crippen LogP contribution < -0.4 is 4.74 Å². The Labute approximate surface area is 83.8 Å². The molecule has 0 radical (unpaired) electrons. The lowest BCUT2D eigenvalue weighted by Crippen LogP contribution is -2.13. The summed E-state index contributed by atoms with van der Waals surface area (Å²) in [6.45, 7) is 0.690. The van der Waals surface area contributed by atoms with E-state index in [1.165, 1.54) is 0 Å². The smallest absolute Gasteiger partial charge is 0.189 e. The molecule has 4 heteroatoms. The molecule has 0 aliphatic carbocycles. The van der Waals surface area contributed by atoms with Crippen molar-refractivity contribution in [3.63, 3.8) is 0 Å². The van der Waals surface area contributed by atoms with E-state index in [1.54, 1.807) is 6.07 Å². The fraction of sp³-hybridized carbons (Fsp3) is 0.222. The number of rotatable bonds is 1. The summed E-state index contributed by atoms with van der Waals surface area (Å²) in [7, 11) is 0. The van der Waals surface area contributed by atoms with Gasteiger partial charge in [0, 0.05) is 15.6 Å². The molecular weight excluding hydrogens is 236 g/mol. The third-order valence-corrected chi connectivity index (χ3v) is 2.61. The molecule has 0 unspecified atom stereocenters. The quantitative estimate of drug-likeness (QED) is 0.708. The number of hydrogen-bond acceptors (Lipinski definition) is 3. The molecule has 1 heterocycles. The van der Waals surface area contributed by atoms with Crippen LogP contribution in [0.15, 0.2) is 16.6 Å². The number of carbonyl (C=O) groups excluding carboxylic acids is 1. The molecular formula is C9H7BrO3. The monoisotopic (exact) mass is 242 g/mol. The van der Waals surface area contributed by atoms with Crippen LogP contribution >= 0.6 is 15.9 Å². The van der Waals surface area contributed by atoms with Crippen LogP contribution in [0.4, 0.5) is 0 Å². The minimum atomic E-state index is 0.257. The minimum absolute atomic E-state index is 0.257. The van der Waals surface area contributed by atoms with E-state index in [1.807, 2.05) is 6.07 Å². The topological polar surface area (TPSA) is 35.5 Å². The fourth-order valence-electron chi connectivity index (χ4n) is 1.28. The van der Waals surface area contributed by atoms with Gasteiger partial charge in [-0.25, -0.2) is 0 Å². The highest BCUT2D eigenvalue weighted by Gasteiger charge is 2.16. The Hall–Kier alpha value is -0.870. The van der Waals surface area contributed by atoms with Crippen LogP contribution in [0.5, 0.6) is 5.75 Å². The number of carbonyl (C=O) groups is 1. The summed E-state index contributed by atoms with van der Waals surface area (Å²) >= 11 is 3.29. The summed E-state index contributed by atoms with van der Waals surface area (Å²) < 4.78 is 11.1. The molecule has 13 heavy (non-hydrogen) atoms. The van der Waals surface area contributed by atoms with Gasteiger partial charge >= 0.3 is 0 Å². The average Bonchev–Trinajstić information content (AvgIpc) is 2.18. The largest absolute Gasteiger partial charge is 0.467 e. The van der Waals surface area contributed by atoms with Gasteiger partial charge in [0.05, 0.1) is 6.61 Å². The average molecular weight is 243 g/mol. The summed E-state index contributed by atoms with van der Waals surface area (Å²) in [4.78, 5) is 10.8. The second-order valence-corrected chi connectivity index (χ2v) is 3.52. The number of ether oxygens (including phenoxy) is 2. The van der Waals surface area contributed by atoms with E-state index >= 15 is 0 Å². The molecule has 0 saturated carbocycles. The van der Waals surface area contributed by atoms with Gasteiger partial charge in [-0.2, -0.15) is 0 Å². The van der Waals surface area contributed by atoms with Gasteiger partial charge in [0.25, 0.3) is 0 Å². The molecule has 2 rings (SSSR count). The lowest BCUT2D eigenvalue weighted by atomic mass is 10.1. The van der Waals surface area contributed by atoms with E-state index in [9.17, 15) is 4.79 Å². The van der Waals surface area contributed by atoms with E-state index in [0.717, 1.165) is 22.1 Å². The molecule has 1 aliphatic heterocycles. The number of halogens is 1. The maximum Gasteiger partial charge on any atom is 0.189 e. The van der Waals surface area contributed by atoms with Gasteiger partial charge in [0.2, 0.25) is 0 Å². The Balaban J connectivity index is 2.58. The summed E-state index contributed by atoms with van der Waals surface area (Å²) in [5.74, 6) is 0.733. The first-order valence-corrected chi connectivity index (χ1v) is 4.59. The Kier molecular flexibility index (Phi) is 2.33. The summed E-state index contributed by atoms with van der Waals surface area (Å²) in [5.41, 5.74) is 1.42. The third-order valence-electron chi connectivity index (χ3n) is 1.92. The van der Waals surface area contributed by atoms with Gasteiger partial charge in [0.15, 0.2) is 13.1 Å². The maximum atomic E-state index is 10.8. The highest BCUT2D eigenvalue weighted by molar-refractivity contribution is 9.10. The molecule has 0 bridgehead atoms. The third kappa shape index (κ3) is 1.47. The standard InChI is InChI=1S/C9H7BrO3/c10-8-1-2-9-7(6(8)3-11)4-12-5-13-9/h1-3H,4-5H2. The van der Waals surface area contributed by atoms with E-state index in [2.05, 4.69) is 15.9 Å². The number of hydrogen-bond donors (Lipinski definition) is 0. The SMILES string of the molecule is O=Cc1c(Br)ccc2c1COCO2. The normalized spacial score (nSPS) is 14.5. The Bertz CT molecular complexity index is 349.